The zero-order valence-electron chi connectivity index (χ0n) is 18.8. The van der Waals surface area contributed by atoms with Crippen molar-refractivity contribution in [2.45, 2.75) is 77.7 Å². The van der Waals surface area contributed by atoms with Crippen LogP contribution in [0.4, 0.5) is 0 Å². The Morgan fingerprint density at radius 3 is 2.43 bits per heavy atom. The molecule has 2 rings (SSSR count). The largest absolute Gasteiger partial charge is 0.425 e. The minimum atomic E-state index is -0.258. The highest BCUT2D eigenvalue weighted by molar-refractivity contribution is 6.31. The summed E-state index contributed by atoms with van der Waals surface area (Å²) in [6, 6.07) is 8.03. The zero-order valence-corrected chi connectivity index (χ0v) is 21.5. The Labute approximate surface area is 179 Å². The van der Waals surface area contributed by atoms with Gasteiger partial charge in [0.05, 0.1) is 24.9 Å². The predicted molar refractivity (Wildman–Crippen MR) is 122 cm³/mol. The Hall–Kier alpha value is -0.433. The lowest BCUT2D eigenvalue weighted by Crippen LogP contribution is -2.61. The summed E-state index contributed by atoms with van der Waals surface area (Å²) in [4.78, 5) is 4.98. The highest BCUT2D eigenvalue weighted by Crippen LogP contribution is 2.52. The predicted octanol–water partition coefficient (Wildman–Crippen LogP) is 3.44. The van der Waals surface area contributed by atoms with Crippen LogP contribution < -0.4 is 0 Å². The smallest absolute Gasteiger partial charge is 0.146 e. The van der Waals surface area contributed by atoms with Crippen molar-refractivity contribution in [2.24, 2.45) is 5.41 Å². The third-order valence-electron chi connectivity index (χ3n) is 7.18. The Morgan fingerprint density at radius 2 is 1.93 bits per heavy atom. The fourth-order valence-corrected chi connectivity index (χ4v) is 5.70. The lowest BCUT2D eigenvalue weighted by Gasteiger charge is -2.50. The van der Waals surface area contributed by atoms with Gasteiger partial charge in [-0.25, -0.2) is 0 Å². The van der Waals surface area contributed by atoms with Gasteiger partial charge in [-0.05, 0) is 37.4 Å². The maximum Gasteiger partial charge on any atom is 0.146 e. The lowest BCUT2D eigenvalue weighted by molar-refractivity contribution is -0.0608. The number of rotatable bonds is 8. The summed E-state index contributed by atoms with van der Waals surface area (Å²) in [6.07, 6.45) is 3.26. The summed E-state index contributed by atoms with van der Waals surface area (Å²) in [5.41, 5.74) is 0.610. The third kappa shape index (κ3) is 3.94. The van der Waals surface area contributed by atoms with Gasteiger partial charge < -0.3 is 9.53 Å². The summed E-state index contributed by atoms with van der Waals surface area (Å²) >= 11 is 6.54. The van der Waals surface area contributed by atoms with Crippen molar-refractivity contribution in [2.75, 3.05) is 20.3 Å². The first-order chi connectivity index (χ1) is 13.1. The second-order valence-corrected chi connectivity index (χ2v) is 10.4. The van der Waals surface area contributed by atoms with Crippen LogP contribution in [0.25, 0.3) is 0 Å². The number of aliphatic hydroxyl groups excluding tert-OH is 1. The van der Waals surface area contributed by atoms with Crippen molar-refractivity contribution >= 4 is 22.1 Å². The monoisotopic (exact) mass is 426 g/mol. The van der Waals surface area contributed by atoms with E-state index < -0.39 is 0 Å². The van der Waals surface area contributed by atoms with Gasteiger partial charge >= 0.3 is 0 Å². The molecular weight excluding hydrogens is 388 g/mol. The molecule has 4 nitrogen and oxygen atoms in total. The van der Waals surface area contributed by atoms with E-state index in [0.717, 1.165) is 29.8 Å². The minimum Gasteiger partial charge on any atom is -0.425 e. The summed E-state index contributed by atoms with van der Waals surface area (Å²) in [5.74, 6) is 0. The van der Waals surface area contributed by atoms with Crippen molar-refractivity contribution in [1.82, 2.24) is 9.80 Å². The quantitative estimate of drug-likeness (QED) is 0.646. The molecule has 0 aliphatic carbocycles. The van der Waals surface area contributed by atoms with Crippen LogP contribution in [0.1, 0.15) is 59.4 Å². The molecular formula is C22H39ClN2O2Si. The van der Waals surface area contributed by atoms with Gasteiger partial charge in [0, 0.05) is 17.1 Å². The molecule has 0 aromatic heterocycles. The van der Waals surface area contributed by atoms with E-state index in [1.54, 1.807) is 0 Å². The van der Waals surface area contributed by atoms with E-state index in [2.05, 4.69) is 57.5 Å². The molecule has 1 saturated heterocycles. The molecule has 1 N–H and O–H groups in total. The van der Waals surface area contributed by atoms with Gasteiger partial charge in [0.15, 0.2) is 0 Å². The van der Waals surface area contributed by atoms with Gasteiger partial charge in [-0.3, -0.25) is 9.80 Å². The molecule has 28 heavy (non-hydrogen) atoms. The topological polar surface area (TPSA) is 35.9 Å². The average molecular weight is 427 g/mol. The van der Waals surface area contributed by atoms with Crippen LogP contribution in [0, 0.1) is 5.41 Å². The van der Waals surface area contributed by atoms with Crippen LogP contribution in [0.3, 0.4) is 0 Å². The zero-order chi connectivity index (χ0) is 21.2. The molecule has 6 heteroatoms. The molecule has 1 aliphatic rings. The van der Waals surface area contributed by atoms with Gasteiger partial charge in [-0.2, -0.15) is 0 Å². The van der Waals surface area contributed by atoms with E-state index >= 15 is 0 Å². The van der Waals surface area contributed by atoms with Crippen molar-refractivity contribution in [1.29, 1.82) is 0 Å². The molecule has 0 radical (unpaired) electrons. The molecule has 3 atom stereocenters. The molecule has 1 aromatic rings. The molecule has 1 aromatic carbocycles. The number of unbranched alkanes of at least 4 members (excludes halogenated alkanes) is 1. The molecule has 160 valence electrons. The molecule has 1 fully saturated rings. The first kappa shape index (κ1) is 23.8. The van der Waals surface area contributed by atoms with Gasteiger partial charge in [-0.15, -0.1) is 0 Å². The van der Waals surface area contributed by atoms with Gasteiger partial charge in [0.1, 0.15) is 10.5 Å². The van der Waals surface area contributed by atoms with Crippen LogP contribution in [-0.4, -0.2) is 62.9 Å². The number of halogens is 1. The van der Waals surface area contributed by atoms with Crippen molar-refractivity contribution in [3.63, 3.8) is 0 Å². The summed E-state index contributed by atoms with van der Waals surface area (Å²) < 4.78 is 5.93. The molecule has 0 amide bonds. The summed E-state index contributed by atoms with van der Waals surface area (Å²) in [5, 5.41) is 11.4. The van der Waals surface area contributed by atoms with Crippen molar-refractivity contribution in [3.8, 4) is 0 Å². The van der Waals surface area contributed by atoms with E-state index in [4.69, 9.17) is 16.0 Å². The number of benzene rings is 1. The Morgan fingerprint density at radius 1 is 1.29 bits per heavy atom. The first-order valence-electron chi connectivity index (χ1n) is 10.4. The van der Waals surface area contributed by atoms with Crippen LogP contribution in [0.5, 0.6) is 0 Å². The lowest BCUT2D eigenvalue weighted by atomic mass is 9.70. The van der Waals surface area contributed by atoms with E-state index in [-0.39, 0.29) is 29.3 Å². The Bertz CT molecular complexity index is 654. The van der Waals surface area contributed by atoms with Gasteiger partial charge in [0.2, 0.25) is 0 Å². The molecule has 0 bridgehead atoms. The maximum absolute atomic E-state index is 10.6. The average Bonchev–Trinajstić information content (AvgIpc) is 2.81. The molecule has 1 aliphatic heterocycles. The van der Waals surface area contributed by atoms with Crippen molar-refractivity contribution in [3.05, 3.63) is 34.9 Å². The summed E-state index contributed by atoms with van der Waals surface area (Å²) in [7, 11) is 2.91. The maximum atomic E-state index is 10.6. The fourth-order valence-electron chi connectivity index (χ4n) is 5.04. The normalized spacial score (nSPS) is 29.6. The summed E-state index contributed by atoms with van der Waals surface area (Å²) in [6.45, 7) is 12.8. The molecule has 0 saturated carbocycles. The molecule has 1 heterocycles. The van der Waals surface area contributed by atoms with Gasteiger partial charge in [-0.1, -0.05) is 70.3 Å². The minimum absolute atomic E-state index is 0.0116. The first-order valence-corrected chi connectivity index (χ1v) is 11.6. The number of hydrogen-bond donors (Lipinski definition) is 1. The number of hydrogen-bond acceptors (Lipinski definition) is 4. The molecule has 0 spiro atoms. The van der Waals surface area contributed by atoms with E-state index in [1.165, 1.54) is 0 Å². The number of likely N-dealkylation sites (N-methyl/N-ethyl adjacent to an activating group) is 1. The van der Waals surface area contributed by atoms with Crippen LogP contribution in [0.15, 0.2) is 24.3 Å². The second kappa shape index (κ2) is 9.15. The number of aliphatic hydroxyl groups is 1. The second-order valence-electron chi connectivity index (χ2n) is 9.39. The number of nitrogens with zero attached hydrogens (tertiary/aromatic N) is 2. The molecule has 3 unspecified atom stereocenters. The van der Waals surface area contributed by atoms with E-state index in [9.17, 15) is 5.11 Å². The Balaban J connectivity index is 2.63. The van der Waals surface area contributed by atoms with Crippen LogP contribution in [-0.2, 0) is 11.0 Å². The highest BCUT2D eigenvalue weighted by Gasteiger charge is 2.64. The van der Waals surface area contributed by atoms with Gasteiger partial charge in [0.25, 0.3) is 0 Å². The van der Waals surface area contributed by atoms with Crippen LogP contribution in [0.2, 0.25) is 5.02 Å². The highest BCUT2D eigenvalue weighted by atomic mass is 35.5. The Kier molecular flexibility index (Phi) is 7.79. The standard InChI is InChI=1S/C22H39ClN2O2Si/c1-7-8-13-22(16-27-28)24(6)21(5,20(2,3)4)19(15-26)25(22)14-17-11-9-10-12-18(17)23/h9-12,19,26H,7-8,13-16H2,1-6,28H3. The van der Waals surface area contributed by atoms with Crippen molar-refractivity contribution < 1.29 is 9.53 Å². The van der Waals surface area contributed by atoms with E-state index in [0.29, 0.717) is 23.6 Å². The fraction of sp³-hybridized carbons (Fsp3) is 0.727. The SMILES string of the molecule is CCCCC1(CO[SiH3])N(Cc2ccccc2Cl)C(CO)C(C)(C(C)(C)C)N1C. The van der Waals surface area contributed by atoms with E-state index in [1.807, 2.05) is 18.2 Å². The third-order valence-corrected chi connectivity index (χ3v) is 7.83. The van der Waals surface area contributed by atoms with Crippen LogP contribution >= 0.6 is 11.6 Å².